The van der Waals surface area contributed by atoms with Crippen LogP contribution in [0.2, 0.25) is 5.02 Å². The number of benzene rings is 2. The molecule has 8 heteroatoms. The third kappa shape index (κ3) is 5.79. The molecule has 0 aromatic heterocycles. The highest BCUT2D eigenvalue weighted by Gasteiger charge is 2.18. The van der Waals surface area contributed by atoms with E-state index in [2.05, 4.69) is 31.3 Å². The molecule has 0 aliphatic heterocycles. The van der Waals surface area contributed by atoms with Gasteiger partial charge >= 0.3 is 0 Å². The largest absolute Gasteiger partial charge is 0.483 e. The summed E-state index contributed by atoms with van der Waals surface area (Å²) in [6.45, 7) is 5.98. The van der Waals surface area contributed by atoms with Gasteiger partial charge < -0.3 is 4.74 Å². The molecule has 0 atom stereocenters. The molecule has 2 aromatic rings. The highest BCUT2D eigenvalue weighted by molar-refractivity contribution is 6.32. The molecule has 0 fully saturated rings. The second kappa shape index (κ2) is 8.64. The molecule has 2 aromatic carbocycles. The molecule has 0 aliphatic rings. The van der Waals surface area contributed by atoms with Crippen LogP contribution >= 0.6 is 11.6 Å². The molecule has 0 radical (unpaired) electrons. The molecule has 0 unspecified atom stereocenters. The van der Waals surface area contributed by atoms with Crippen molar-refractivity contribution in [2.75, 3.05) is 6.61 Å². The van der Waals surface area contributed by atoms with Gasteiger partial charge in [0.25, 0.3) is 11.6 Å². The lowest BCUT2D eigenvalue weighted by Gasteiger charge is -2.22. The number of para-hydroxylation sites is 1. The molecule has 0 spiro atoms. The van der Waals surface area contributed by atoms with Crippen molar-refractivity contribution in [2.45, 2.75) is 26.2 Å². The first kappa shape index (κ1) is 20.4. The first-order chi connectivity index (χ1) is 12.7. The molecule has 0 heterocycles. The zero-order chi connectivity index (χ0) is 20.0. The number of carbonyl (C=O) groups excluding carboxylic acids is 1. The number of hydrogen-bond donors (Lipinski definition) is 1. The second-order valence-corrected chi connectivity index (χ2v) is 7.20. The fourth-order valence-electron chi connectivity index (χ4n) is 2.32. The van der Waals surface area contributed by atoms with Gasteiger partial charge in [0.05, 0.1) is 11.1 Å². The third-order valence-corrected chi connectivity index (χ3v) is 3.94. The summed E-state index contributed by atoms with van der Waals surface area (Å²) >= 11 is 5.75. The monoisotopic (exact) mass is 389 g/mol. The number of carbonyl (C=O) groups is 1. The summed E-state index contributed by atoms with van der Waals surface area (Å²) in [5.74, 6) is 0.191. The van der Waals surface area contributed by atoms with Crippen molar-refractivity contribution in [3.63, 3.8) is 0 Å². The molecule has 0 saturated carbocycles. The topological polar surface area (TPSA) is 93.8 Å². The Bertz CT molecular complexity index is 875. The van der Waals surface area contributed by atoms with Gasteiger partial charge in [-0.3, -0.25) is 14.9 Å². The number of nitro benzene ring substituents is 1. The Kier molecular flexibility index (Phi) is 6.52. The molecule has 7 nitrogen and oxygen atoms in total. The number of nitrogens with one attached hydrogen (secondary N) is 1. The highest BCUT2D eigenvalue weighted by Crippen LogP contribution is 2.30. The number of amides is 1. The zero-order valence-electron chi connectivity index (χ0n) is 15.2. The van der Waals surface area contributed by atoms with Crippen LogP contribution in [0.5, 0.6) is 5.75 Å². The lowest BCUT2D eigenvalue weighted by molar-refractivity contribution is -0.384. The third-order valence-electron chi connectivity index (χ3n) is 3.62. The Hall–Kier alpha value is -2.93. The summed E-state index contributed by atoms with van der Waals surface area (Å²) in [5.41, 5.74) is 3.41. The lowest BCUT2D eigenvalue weighted by atomic mass is 9.86. The van der Waals surface area contributed by atoms with Crippen LogP contribution in [0.4, 0.5) is 5.69 Å². The van der Waals surface area contributed by atoms with Gasteiger partial charge in [-0.25, -0.2) is 5.43 Å². The Balaban J connectivity index is 1.95. The average Bonchev–Trinajstić information content (AvgIpc) is 2.60. The standard InChI is InChI=1S/C19H20ClN3O4/c1-19(2,3)14-6-4-5-7-17(14)27-12-18(24)22-21-11-13-8-9-15(20)16(10-13)23(25)26/h4-11H,12H2,1-3H3,(H,22,24). The number of halogens is 1. The Labute approximate surface area is 162 Å². The van der Waals surface area contributed by atoms with E-state index in [0.29, 0.717) is 11.3 Å². The second-order valence-electron chi connectivity index (χ2n) is 6.80. The van der Waals surface area contributed by atoms with E-state index in [4.69, 9.17) is 16.3 Å². The van der Waals surface area contributed by atoms with Crippen LogP contribution in [0.25, 0.3) is 0 Å². The van der Waals surface area contributed by atoms with Crippen LogP contribution in [-0.4, -0.2) is 23.7 Å². The van der Waals surface area contributed by atoms with E-state index in [1.165, 1.54) is 18.3 Å². The maximum atomic E-state index is 11.9. The number of hydrazone groups is 1. The number of ether oxygens (including phenoxy) is 1. The van der Waals surface area contributed by atoms with Crippen molar-refractivity contribution in [2.24, 2.45) is 5.10 Å². The van der Waals surface area contributed by atoms with Gasteiger partial charge in [0.2, 0.25) is 0 Å². The molecule has 27 heavy (non-hydrogen) atoms. The van der Waals surface area contributed by atoms with Crippen LogP contribution < -0.4 is 10.2 Å². The van der Waals surface area contributed by atoms with Crippen LogP contribution in [-0.2, 0) is 10.2 Å². The van der Waals surface area contributed by atoms with Gasteiger partial charge in [0.1, 0.15) is 10.8 Å². The van der Waals surface area contributed by atoms with Gasteiger partial charge in [-0.2, -0.15) is 5.10 Å². The van der Waals surface area contributed by atoms with Crippen molar-refractivity contribution in [1.82, 2.24) is 5.43 Å². The van der Waals surface area contributed by atoms with Crippen LogP contribution in [0, 0.1) is 10.1 Å². The smallest absolute Gasteiger partial charge is 0.288 e. The molecule has 142 valence electrons. The van der Waals surface area contributed by atoms with Crippen LogP contribution in [0.1, 0.15) is 31.9 Å². The van der Waals surface area contributed by atoms with E-state index >= 15 is 0 Å². The SMILES string of the molecule is CC(C)(C)c1ccccc1OCC(=O)NN=Cc1ccc(Cl)c([N+](=O)[O-])c1. The van der Waals surface area contributed by atoms with E-state index < -0.39 is 10.8 Å². The van der Waals surface area contributed by atoms with E-state index in [0.717, 1.165) is 5.56 Å². The molecular formula is C19H20ClN3O4. The fourth-order valence-corrected chi connectivity index (χ4v) is 2.50. The number of nitro groups is 1. The summed E-state index contributed by atoms with van der Waals surface area (Å²) in [7, 11) is 0. The molecule has 0 bridgehead atoms. The average molecular weight is 390 g/mol. The van der Waals surface area contributed by atoms with Gasteiger partial charge in [0.15, 0.2) is 6.61 Å². The summed E-state index contributed by atoms with van der Waals surface area (Å²) in [6.07, 6.45) is 1.30. The first-order valence-corrected chi connectivity index (χ1v) is 8.54. The number of rotatable bonds is 6. The molecule has 0 aliphatic carbocycles. The number of hydrogen-bond acceptors (Lipinski definition) is 5. The normalized spacial score (nSPS) is 11.4. The minimum Gasteiger partial charge on any atom is -0.483 e. The predicted molar refractivity (Wildman–Crippen MR) is 104 cm³/mol. The van der Waals surface area contributed by atoms with Gasteiger partial charge in [-0.1, -0.05) is 56.6 Å². The maximum absolute atomic E-state index is 11.9. The summed E-state index contributed by atoms with van der Waals surface area (Å²) in [5, 5.41) is 14.7. The van der Waals surface area contributed by atoms with Crippen molar-refractivity contribution in [3.05, 3.63) is 68.7 Å². The Morgan fingerprint density at radius 3 is 2.67 bits per heavy atom. The molecule has 1 amide bonds. The van der Waals surface area contributed by atoms with Crippen molar-refractivity contribution in [3.8, 4) is 5.75 Å². The quantitative estimate of drug-likeness (QED) is 0.457. The van der Waals surface area contributed by atoms with E-state index in [1.807, 2.05) is 24.3 Å². The van der Waals surface area contributed by atoms with Crippen molar-refractivity contribution >= 4 is 29.4 Å². The van der Waals surface area contributed by atoms with Crippen LogP contribution in [0.15, 0.2) is 47.6 Å². The Morgan fingerprint density at radius 2 is 2.00 bits per heavy atom. The van der Waals surface area contributed by atoms with Crippen LogP contribution in [0.3, 0.4) is 0 Å². The maximum Gasteiger partial charge on any atom is 0.288 e. The Morgan fingerprint density at radius 1 is 1.30 bits per heavy atom. The highest BCUT2D eigenvalue weighted by atomic mass is 35.5. The zero-order valence-corrected chi connectivity index (χ0v) is 16.0. The number of nitrogens with zero attached hydrogens (tertiary/aromatic N) is 2. The first-order valence-electron chi connectivity index (χ1n) is 8.16. The van der Waals surface area contributed by atoms with E-state index in [1.54, 1.807) is 6.07 Å². The molecular weight excluding hydrogens is 370 g/mol. The summed E-state index contributed by atoms with van der Waals surface area (Å²) in [4.78, 5) is 22.2. The van der Waals surface area contributed by atoms with Crippen molar-refractivity contribution < 1.29 is 14.5 Å². The van der Waals surface area contributed by atoms with Gasteiger partial charge in [-0.15, -0.1) is 0 Å². The minimum atomic E-state index is -0.585. The van der Waals surface area contributed by atoms with E-state index in [-0.39, 0.29) is 22.7 Å². The lowest BCUT2D eigenvalue weighted by Crippen LogP contribution is -2.25. The fraction of sp³-hybridized carbons (Fsp3) is 0.263. The van der Waals surface area contributed by atoms with Gasteiger partial charge in [-0.05, 0) is 23.1 Å². The van der Waals surface area contributed by atoms with Gasteiger partial charge in [0, 0.05) is 11.6 Å². The predicted octanol–water partition coefficient (Wildman–Crippen LogP) is 4.07. The summed E-state index contributed by atoms with van der Waals surface area (Å²) in [6, 6.07) is 11.8. The van der Waals surface area contributed by atoms with Crippen molar-refractivity contribution in [1.29, 1.82) is 0 Å². The molecule has 2 rings (SSSR count). The molecule has 0 saturated heterocycles. The summed E-state index contributed by atoms with van der Waals surface area (Å²) < 4.78 is 5.60. The molecule has 1 N–H and O–H groups in total. The minimum absolute atomic E-state index is 0.0344. The van der Waals surface area contributed by atoms with E-state index in [9.17, 15) is 14.9 Å².